The van der Waals surface area contributed by atoms with Crippen molar-refractivity contribution in [1.82, 2.24) is 9.80 Å². The first-order chi connectivity index (χ1) is 13.8. The van der Waals surface area contributed by atoms with Crippen LogP contribution >= 0.6 is 11.6 Å². The topological polar surface area (TPSA) is 61.9 Å². The number of aryl methyl sites for hydroxylation is 2. The number of carbonyl (C=O) groups excluding carboxylic acids is 2. The third-order valence-corrected chi connectivity index (χ3v) is 4.84. The fourth-order valence-corrected chi connectivity index (χ4v) is 2.99. The molecule has 0 fully saturated rings. The monoisotopic (exact) mass is 417 g/mol. The number of hydrogen-bond donors (Lipinski definition) is 1. The highest BCUT2D eigenvalue weighted by Crippen LogP contribution is 2.23. The van der Waals surface area contributed by atoms with Crippen LogP contribution in [0.25, 0.3) is 0 Å². The highest BCUT2D eigenvalue weighted by Gasteiger charge is 2.16. The Bertz CT molecular complexity index is 837. The molecule has 2 aromatic rings. The Labute approximate surface area is 177 Å². The second-order valence-electron chi connectivity index (χ2n) is 7.08. The lowest BCUT2D eigenvalue weighted by Gasteiger charge is -2.22. The van der Waals surface area contributed by atoms with Gasteiger partial charge in [0, 0.05) is 19.3 Å². The summed E-state index contributed by atoms with van der Waals surface area (Å²) in [5.41, 5.74) is 2.78. The maximum Gasteiger partial charge on any atom is 0.243 e. The maximum atomic E-state index is 12.4. The third kappa shape index (κ3) is 7.07. The highest BCUT2D eigenvalue weighted by molar-refractivity contribution is 6.32. The van der Waals surface area contributed by atoms with E-state index in [2.05, 4.69) is 5.32 Å². The van der Waals surface area contributed by atoms with Gasteiger partial charge in [-0.25, -0.2) is 0 Å². The number of ether oxygens (including phenoxy) is 1. The lowest BCUT2D eigenvalue weighted by atomic mass is 10.1. The minimum atomic E-state index is -0.219. The molecule has 2 rings (SSSR count). The quantitative estimate of drug-likeness (QED) is 0.679. The Morgan fingerprint density at radius 2 is 1.66 bits per heavy atom. The SMILES string of the molecule is Cc1cccc(C)c1NC(=O)CN(C)C(=O)CN(C)CCOc1ccccc1Cl. The summed E-state index contributed by atoms with van der Waals surface area (Å²) in [5.74, 6) is 0.263. The molecule has 2 amide bonds. The Hall–Kier alpha value is -2.57. The minimum absolute atomic E-state index is 0.00340. The normalized spacial score (nSPS) is 10.7. The number of likely N-dealkylation sites (N-methyl/N-ethyl adjacent to an activating group) is 2. The van der Waals surface area contributed by atoms with Crippen LogP contribution in [0.5, 0.6) is 5.75 Å². The number of carbonyl (C=O) groups is 2. The summed E-state index contributed by atoms with van der Waals surface area (Å²) in [7, 11) is 3.46. The summed E-state index contributed by atoms with van der Waals surface area (Å²) in [5, 5.41) is 3.45. The fraction of sp³-hybridized carbons (Fsp3) is 0.364. The van der Waals surface area contributed by atoms with Crippen molar-refractivity contribution < 1.29 is 14.3 Å². The smallest absolute Gasteiger partial charge is 0.243 e. The third-order valence-electron chi connectivity index (χ3n) is 4.52. The van der Waals surface area contributed by atoms with Gasteiger partial charge < -0.3 is 15.0 Å². The molecule has 1 N–H and O–H groups in total. The first-order valence-corrected chi connectivity index (χ1v) is 9.81. The molecule has 29 heavy (non-hydrogen) atoms. The van der Waals surface area contributed by atoms with Crippen LogP contribution in [0, 0.1) is 13.8 Å². The van der Waals surface area contributed by atoms with Gasteiger partial charge >= 0.3 is 0 Å². The molecule has 0 spiro atoms. The summed E-state index contributed by atoms with van der Waals surface area (Å²) in [4.78, 5) is 28.0. The Morgan fingerprint density at radius 3 is 2.31 bits per heavy atom. The van der Waals surface area contributed by atoms with Crippen molar-refractivity contribution >= 4 is 29.1 Å². The molecule has 0 aromatic heterocycles. The first kappa shape index (κ1) is 22.7. The number of nitrogens with one attached hydrogen (secondary N) is 1. The Kier molecular flexibility index (Phi) is 8.49. The van der Waals surface area contributed by atoms with E-state index in [1.807, 2.05) is 56.1 Å². The molecule has 6 nitrogen and oxygen atoms in total. The van der Waals surface area contributed by atoms with Gasteiger partial charge in [0.05, 0.1) is 18.1 Å². The van der Waals surface area contributed by atoms with Gasteiger partial charge in [-0.05, 0) is 44.2 Å². The van der Waals surface area contributed by atoms with Crippen molar-refractivity contribution in [2.24, 2.45) is 0 Å². The van der Waals surface area contributed by atoms with Gasteiger partial charge in [-0.15, -0.1) is 0 Å². The molecule has 0 aliphatic heterocycles. The van der Waals surface area contributed by atoms with Crippen molar-refractivity contribution in [3.63, 3.8) is 0 Å². The average molecular weight is 418 g/mol. The molecule has 0 atom stereocenters. The summed E-state index contributed by atoms with van der Waals surface area (Å²) in [6.07, 6.45) is 0. The van der Waals surface area contributed by atoms with Crippen molar-refractivity contribution in [2.75, 3.05) is 45.7 Å². The Balaban J connectivity index is 1.76. The molecule has 0 saturated carbocycles. The van der Waals surface area contributed by atoms with Crippen LogP contribution in [-0.2, 0) is 9.59 Å². The summed E-state index contributed by atoms with van der Waals surface area (Å²) in [6.45, 7) is 5.04. The molecule has 156 valence electrons. The van der Waals surface area contributed by atoms with Crippen LogP contribution < -0.4 is 10.1 Å². The van der Waals surface area contributed by atoms with Crippen molar-refractivity contribution in [2.45, 2.75) is 13.8 Å². The number of nitrogens with zero attached hydrogens (tertiary/aromatic N) is 2. The molecule has 0 heterocycles. The molecular weight excluding hydrogens is 390 g/mol. The number of benzene rings is 2. The van der Waals surface area contributed by atoms with E-state index in [9.17, 15) is 9.59 Å². The van der Waals surface area contributed by atoms with E-state index in [-0.39, 0.29) is 24.9 Å². The van der Waals surface area contributed by atoms with Crippen molar-refractivity contribution in [1.29, 1.82) is 0 Å². The standard InChI is InChI=1S/C22H28ClN3O3/c1-16-8-7-9-17(2)22(16)24-20(27)14-26(4)21(28)15-25(3)12-13-29-19-11-6-5-10-18(19)23/h5-11H,12-15H2,1-4H3,(H,24,27). The van der Waals surface area contributed by atoms with Crippen molar-refractivity contribution in [3.05, 3.63) is 58.6 Å². The zero-order valence-electron chi connectivity index (χ0n) is 17.4. The minimum Gasteiger partial charge on any atom is -0.491 e. The molecular formula is C22H28ClN3O3. The van der Waals surface area contributed by atoms with Gasteiger partial charge in [0.25, 0.3) is 0 Å². The maximum absolute atomic E-state index is 12.4. The summed E-state index contributed by atoms with van der Waals surface area (Å²) >= 11 is 6.05. The van der Waals surface area contributed by atoms with Crippen LogP contribution in [0.1, 0.15) is 11.1 Å². The zero-order chi connectivity index (χ0) is 21.4. The molecule has 0 aliphatic carbocycles. The van der Waals surface area contributed by atoms with Gasteiger partial charge in [-0.1, -0.05) is 41.9 Å². The van der Waals surface area contributed by atoms with Gasteiger partial charge in [0.1, 0.15) is 12.4 Å². The van der Waals surface area contributed by atoms with Gasteiger partial charge in [-0.3, -0.25) is 14.5 Å². The van der Waals surface area contributed by atoms with Gasteiger partial charge in [0.15, 0.2) is 0 Å². The second kappa shape index (κ2) is 10.8. The number of anilines is 1. The molecule has 0 unspecified atom stereocenters. The predicted molar refractivity (Wildman–Crippen MR) is 117 cm³/mol. The lowest BCUT2D eigenvalue weighted by molar-refractivity contribution is -0.134. The zero-order valence-corrected chi connectivity index (χ0v) is 18.1. The van der Waals surface area contributed by atoms with E-state index in [1.165, 1.54) is 4.90 Å². The first-order valence-electron chi connectivity index (χ1n) is 9.44. The van der Waals surface area contributed by atoms with Crippen LogP contribution in [0.2, 0.25) is 5.02 Å². The lowest BCUT2D eigenvalue weighted by Crippen LogP contribution is -2.41. The number of hydrogen-bond acceptors (Lipinski definition) is 4. The van der Waals surface area contributed by atoms with E-state index >= 15 is 0 Å². The van der Waals surface area contributed by atoms with E-state index in [0.29, 0.717) is 23.9 Å². The molecule has 0 aliphatic rings. The van der Waals surface area contributed by atoms with Crippen molar-refractivity contribution in [3.8, 4) is 5.75 Å². The molecule has 0 saturated heterocycles. The number of rotatable bonds is 9. The van der Waals surface area contributed by atoms with Crippen LogP contribution in [0.15, 0.2) is 42.5 Å². The van der Waals surface area contributed by atoms with E-state index < -0.39 is 0 Å². The van der Waals surface area contributed by atoms with Crippen LogP contribution in [0.3, 0.4) is 0 Å². The van der Waals surface area contributed by atoms with E-state index in [4.69, 9.17) is 16.3 Å². The van der Waals surface area contributed by atoms with E-state index in [1.54, 1.807) is 19.2 Å². The predicted octanol–water partition coefficient (Wildman–Crippen LogP) is 3.36. The van der Waals surface area contributed by atoms with Gasteiger partial charge in [-0.2, -0.15) is 0 Å². The largest absolute Gasteiger partial charge is 0.491 e. The second-order valence-corrected chi connectivity index (χ2v) is 7.49. The van der Waals surface area contributed by atoms with Crippen LogP contribution in [-0.4, -0.2) is 62.0 Å². The summed E-state index contributed by atoms with van der Waals surface area (Å²) < 4.78 is 5.64. The fourth-order valence-electron chi connectivity index (χ4n) is 2.80. The van der Waals surface area contributed by atoms with Gasteiger partial charge in [0.2, 0.25) is 11.8 Å². The molecule has 0 bridgehead atoms. The number of amides is 2. The molecule has 2 aromatic carbocycles. The van der Waals surface area contributed by atoms with Crippen LogP contribution in [0.4, 0.5) is 5.69 Å². The average Bonchev–Trinajstić information content (AvgIpc) is 2.66. The number of halogens is 1. The summed E-state index contributed by atoms with van der Waals surface area (Å²) in [6, 6.07) is 13.1. The van der Waals surface area contributed by atoms with E-state index in [0.717, 1.165) is 16.8 Å². The Morgan fingerprint density at radius 1 is 1.00 bits per heavy atom. The highest BCUT2D eigenvalue weighted by atomic mass is 35.5. The molecule has 0 radical (unpaired) electrons. The molecule has 7 heteroatoms. The number of para-hydroxylation sites is 2.